The lowest BCUT2D eigenvalue weighted by molar-refractivity contribution is -0.385. The summed E-state index contributed by atoms with van der Waals surface area (Å²) in [6, 6.07) is 4.28. The normalized spacial score (nSPS) is 12.1. The van der Waals surface area contributed by atoms with Crippen LogP contribution in [0.4, 0.5) is 5.69 Å². The number of halogens is 1. The van der Waals surface area contributed by atoms with Gasteiger partial charge in [-0.05, 0) is 6.07 Å². The minimum atomic E-state index is -1.66. The Morgan fingerprint density at radius 2 is 2.19 bits per heavy atom. The highest BCUT2D eigenvalue weighted by molar-refractivity contribution is 9.10. The van der Waals surface area contributed by atoms with E-state index >= 15 is 0 Å². The molecule has 1 unspecified atom stereocenters. The van der Waals surface area contributed by atoms with Crippen LogP contribution < -0.4 is 0 Å². The second-order valence-electron chi connectivity index (χ2n) is 3.05. The molecule has 0 aromatic heterocycles. The van der Waals surface area contributed by atoms with Gasteiger partial charge in [-0.1, -0.05) is 22.0 Å². The van der Waals surface area contributed by atoms with Crippen LogP contribution in [0, 0.1) is 10.1 Å². The summed E-state index contributed by atoms with van der Waals surface area (Å²) in [5.74, 6) is -1.41. The predicted octanol–water partition coefficient (Wildman–Crippen LogP) is 1.35. The van der Waals surface area contributed by atoms with Crippen molar-refractivity contribution in [2.24, 2.45) is 0 Å². The molecule has 1 aromatic rings. The first-order chi connectivity index (χ1) is 7.43. The topological polar surface area (TPSA) is 101 Å². The van der Waals surface area contributed by atoms with Crippen LogP contribution in [0.1, 0.15) is 5.56 Å². The molecule has 0 amide bonds. The fraction of sp³-hybridized carbons (Fsp3) is 0.222. The smallest absolute Gasteiger partial charge is 0.332 e. The van der Waals surface area contributed by atoms with E-state index in [-0.39, 0.29) is 17.7 Å². The zero-order chi connectivity index (χ0) is 12.3. The Balaban J connectivity index is 3.11. The van der Waals surface area contributed by atoms with Gasteiger partial charge in [-0.2, -0.15) is 0 Å². The molecule has 7 heteroatoms. The van der Waals surface area contributed by atoms with Gasteiger partial charge in [0, 0.05) is 22.5 Å². The average Bonchev–Trinajstić information content (AvgIpc) is 2.20. The van der Waals surface area contributed by atoms with Gasteiger partial charge in [-0.3, -0.25) is 10.1 Å². The van der Waals surface area contributed by atoms with Crippen LogP contribution in [-0.2, 0) is 11.2 Å². The van der Waals surface area contributed by atoms with Crippen LogP contribution in [0.5, 0.6) is 0 Å². The molecule has 0 radical (unpaired) electrons. The number of aliphatic hydroxyl groups excluding tert-OH is 1. The second kappa shape index (κ2) is 5.04. The third kappa shape index (κ3) is 2.77. The molecule has 0 aliphatic heterocycles. The zero-order valence-electron chi connectivity index (χ0n) is 7.96. The highest BCUT2D eigenvalue weighted by Gasteiger charge is 2.22. The Labute approximate surface area is 98.8 Å². The summed E-state index contributed by atoms with van der Waals surface area (Å²) in [7, 11) is 0. The number of aliphatic carboxylic acids is 1. The molecule has 0 spiro atoms. The molecule has 2 N–H and O–H groups in total. The third-order valence-electron chi connectivity index (χ3n) is 1.97. The van der Waals surface area contributed by atoms with Crippen molar-refractivity contribution < 1.29 is 19.9 Å². The van der Waals surface area contributed by atoms with Crippen LogP contribution in [-0.4, -0.2) is 27.2 Å². The van der Waals surface area contributed by atoms with E-state index in [1.807, 2.05) is 0 Å². The first-order valence-corrected chi connectivity index (χ1v) is 5.05. The number of carbonyl (C=O) groups is 1. The summed E-state index contributed by atoms with van der Waals surface area (Å²) < 4.78 is 0.405. The SMILES string of the molecule is O=C(O)C(O)Cc1c(Br)cccc1[N+](=O)[O-]. The molecule has 0 bridgehead atoms. The first kappa shape index (κ1) is 12.6. The largest absolute Gasteiger partial charge is 0.479 e. The molecular weight excluding hydrogens is 282 g/mol. The van der Waals surface area contributed by atoms with Crippen molar-refractivity contribution in [2.75, 3.05) is 0 Å². The summed E-state index contributed by atoms with van der Waals surface area (Å²) in [5, 5.41) is 28.4. The molecule has 0 saturated heterocycles. The van der Waals surface area contributed by atoms with E-state index in [0.29, 0.717) is 4.47 Å². The number of rotatable bonds is 4. The Morgan fingerprint density at radius 3 is 2.69 bits per heavy atom. The Morgan fingerprint density at radius 1 is 1.56 bits per heavy atom. The molecule has 16 heavy (non-hydrogen) atoms. The molecule has 0 aliphatic rings. The molecule has 86 valence electrons. The molecule has 1 rings (SSSR count). The average molecular weight is 290 g/mol. The quantitative estimate of drug-likeness (QED) is 0.643. The van der Waals surface area contributed by atoms with E-state index in [4.69, 9.17) is 10.2 Å². The van der Waals surface area contributed by atoms with Crippen molar-refractivity contribution in [3.8, 4) is 0 Å². The highest BCUT2D eigenvalue weighted by atomic mass is 79.9. The van der Waals surface area contributed by atoms with Gasteiger partial charge in [-0.25, -0.2) is 4.79 Å². The molecule has 1 aromatic carbocycles. The van der Waals surface area contributed by atoms with Gasteiger partial charge in [0.2, 0.25) is 0 Å². The van der Waals surface area contributed by atoms with Crippen LogP contribution >= 0.6 is 15.9 Å². The van der Waals surface area contributed by atoms with Gasteiger partial charge >= 0.3 is 5.97 Å². The van der Waals surface area contributed by atoms with Crippen molar-refractivity contribution >= 4 is 27.6 Å². The second-order valence-corrected chi connectivity index (χ2v) is 3.91. The minimum Gasteiger partial charge on any atom is -0.479 e. The monoisotopic (exact) mass is 289 g/mol. The van der Waals surface area contributed by atoms with Crippen molar-refractivity contribution in [3.63, 3.8) is 0 Å². The molecular formula is C9H8BrNO5. The Kier molecular flexibility index (Phi) is 3.97. The van der Waals surface area contributed by atoms with E-state index in [2.05, 4.69) is 15.9 Å². The van der Waals surface area contributed by atoms with Crippen molar-refractivity contribution in [1.82, 2.24) is 0 Å². The number of carboxylic acids is 1. The summed E-state index contributed by atoms with van der Waals surface area (Å²) >= 11 is 3.08. The summed E-state index contributed by atoms with van der Waals surface area (Å²) in [4.78, 5) is 20.5. The fourth-order valence-corrected chi connectivity index (χ4v) is 1.72. The maximum absolute atomic E-state index is 10.7. The van der Waals surface area contributed by atoms with Gasteiger partial charge in [0.05, 0.1) is 4.92 Å². The molecule has 0 saturated carbocycles. The van der Waals surface area contributed by atoms with Crippen LogP contribution in [0.15, 0.2) is 22.7 Å². The van der Waals surface area contributed by atoms with Crippen LogP contribution in [0.25, 0.3) is 0 Å². The maximum atomic E-state index is 10.7. The molecule has 6 nitrogen and oxygen atoms in total. The lowest BCUT2D eigenvalue weighted by atomic mass is 10.1. The first-order valence-electron chi connectivity index (χ1n) is 4.26. The zero-order valence-corrected chi connectivity index (χ0v) is 9.55. The number of benzene rings is 1. The number of hydrogen-bond acceptors (Lipinski definition) is 4. The summed E-state index contributed by atoms with van der Waals surface area (Å²) in [6.45, 7) is 0. The van der Waals surface area contributed by atoms with Crippen molar-refractivity contribution in [1.29, 1.82) is 0 Å². The van der Waals surface area contributed by atoms with Gasteiger partial charge in [0.25, 0.3) is 5.69 Å². The maximum Gasteiger partial charge on any atom is 0.332 e. The predicted molar refractivity (Wildman–Crippen MR) is 58.1 cm³/mol. The molecule has 1 atom stereocenters. The van der Waals surface area contributed by atoms with Crippen molar-refractivity contribution in [2.45, 2.75) is 12.5 Å². The van der Waals surface area contributed by atoms with Gasteiger partial charge in [0.1, 0.15) is 0 Å². The molecule has 0 fully saturated rings. The number of carboxylic acid groups (broad SMARTS) is 1. The lowest BCUT2D eigenvalue weighted by Crippen LogP contribution is -2.22. The Bertz CT molecular complexity index is 434. The van der Waals surface area contributed by atoms with E-state index in [0.717, 1.165) is 0 Å². The standard InChI is InChI=1S/C9H8BrNO5/c10-6-2-1-3-7(11(15)16)5(6)4-8(12)9(13)14/h1-3,8,12H,4H2,(H,13,14). The number of aliphatic hydroxyl groups is 1. The summed E-state index contributed by atoms with van der Waals surface area (Å²) in [5.41, 5.74) is -0.0444. The van der Waals surface area contributed by atoms with Gasteiger partial charge in [0.15, 0.2) is 6.10 Å². The minimum absolute atomic E-state index is 0.169. The third-order valence-corrected chi connectivity index (χ3v) is 2.72. The van der Waals surface area contributed by atoms with E-state index in [1.54, 1.807) is 6.07 Å². The number of nitro benzene ring substituents is 1. The lowest BCUT2D eigenvalue weighted by Gasteiger charge is -2.07. The van der Waals surface area contributed by atoms with Crippen LogP contribution in [0.2, 0.25) is 0 Å². The highest BCUT2D eigenvalue weighted by Crippen LogP contribution is 2.27. The Hall–Kier alpha value is -1.47. The number of hydrogen-bond donors (Lipinski definition) is 2. The van der Waals surface area contributed by atoms with Crippen molar-refractivity contribution in [3.05, 3.63) is 38.3 Å². The van der Waals surface area contributed by atoms with Gasteiger partial charge < -0.3 is 10.2 Å². The fourth-order valence-electron chi connectivity index (χ4n) is 1.20. The molecule has 0 heterocycles. The van der Waals surface area contributed by atoms with E-state index < -0.39 is 17.0 Å². The van der Waals surface area contributed by atoms with E-state index in [1.165, 1.54) is 12.1 Å². The van der Waals surface area contributed by atoms with E-state index in [9.17, 15) is 14.9 Å². The number of nitrogens with zero attached hydrogens (tertiary/aromatic N) is 1. The molecule has 0 aliphatic carbocycles. The van der Waals surface area contributed by atoms with Gasteiger partial charge in [-0.15, -0.1) is 0 Å². The number of nitro groups is 1. The summed E-state index contributed by atoms with van der Waals surface area (Å²) in [6.07, 6.45) is -1.97. The van der Waals surface area contributed by atoms with Crippen LogP contribution in [0.3, 0.4) is 0 Å².